The molecule has 1 aromatic carbocycles. The molecule has 0 saturated heterocycles. The first kappa shape index (κ1) is 14.4. The van der Waals surface area contributed by atoms with Crippen molar-refractivity contribution in [2.24, 2.45) is 5.92 Å². The lowest BCUT2D eigenvalue weighted by Crippen LogP contribution is -2.17. The molecule has 1 heterocycles. The molecule has 1 fully saturated rings. The number of para-hydroxylation sites is 1. The number of anilines is 1. The highest BCUT2D eigenvalue weighted by molar-refractivity contribution is 5.86. The number of allylic oxidation sites excluding steroid dienone is 1. The highest BCUT2D eigenvalue weighted by Gasteiger charge is 2.19. The number of carbonyl (C=O) groups excluding carboxylic acids is 1. The smallest absolute Gasteiger partial charge is 0.139 e. The van der Waals surface area contributed by atoms with Crippen LogP contribution in [0.5, 0.6) is 0 Å². The summed E-state index contributed by atoms with van der Waals surface area (Å²) < 4.78 is 0. The standard InChI is InChI=1S/C19H25NO/c1-14-12-18(21)13-17-9-5-8-16(19(17)20-14)11-10-15-6-3-2-4-7-15/h5,8-11,14-15,20H,2-4,6-7,12-13H2,1H3/b11-10+/t14-/m1/s1. The Hall–Kier alpha value is -1.57. The van der Waals surface area contributed by atoms with E-state index < -0.39 is 0 Å². The Bertz CT molecular complexity index is 540. The van der Waals surface area contributed by atoms with Crippen LogP contribution in [0.3, 0.4) is 0 Å². The van der Waals surface area contributed by atoms with Crippen molar-refractivity contribution in [1.82, 2.24) is 0 Å². The van der Waals surface area contributed by atoms with Crippen LogP contribution < -0.4 is 5.32 Å². The van der Waals surface area contributed by atoms with Crippen molar-refractivity contribution in [3.8, 4) is 0 Å². The van der Waals surface area contributed by atoms with E-state index in [4.69, 9.17) is 0 Å². The molecule has 1 aliphatic heterocycles. The van der Waals surface area contributed by atoms with Crippen molar-refractivity contribution in [3.63, 3.8) is 0 Å². The lowest BCUT2D eigenvalue weighted by atomic mass is 9.88. The maximum absolute atomic E-state index is 11.9. The van der Waals surface area contributed by atoms with Gasteiger partial charge in [0.25, 0.3) is 0 Å². The van der Waals surface area contributed by atoms with Crippen molar-refractivity contribution in [1.29, 1.82) is 0 Å². The molecule has 1 saturated carbocycles. The molecule has 0 spiro atoms. The maximum atomic E-state index is 11.9. The summed E-state index contributed by atoms with van der Waals surface area (Å²) in [6.07, 6.45) is 12.6. The second kappa shape index (κ2) is 6.46. The lowest BCUT2D eigenvalue weighted by molar-refractivity contribution is -0.118. The SMILES string of the molecule is C[C@@H]1CC(=O)Cc2cccc(/C=C/C3CCCCC3)c2N1. The molecule has 0 unspecified atom stereocenters. The third-order valence-corrected chi connectivity index (χ3v) is 4.69. The molecule has 1 atom stereocenters. The zero-order chi connectivity index (χ0) is 14.7. The van der Waals surface area contributed by atoms with Gasteiger partial charge in [-0.25, -0.2) is 0 Å². The Morgan fingerprint density at radius 1 is 1.19 bits per heavy atom. The lowest BCUT2D eigenvalue weighted by Gasteiger charge is -2.19. The number of nitrogens with one attached hydrogen (secondary N) is 1. The molecule has 2 heteroatoms. The second-order valence-corrected chi connectivity index (χ2v) is 6.60. The molecule has 112 valence electrons. The van der Waals surface area contributed by atoms with Crippen molar-refractivity contribution in [3.05, 3.63) is 35.4 Å². The molecular weight excluding hydrogens is 258 g/mol. The van der Waals surface area contributed by atoms with Gasteiger partial charge in [0.05, 0.1) is 0 Å². The molecule has 21 heavy (non-hydrogen) atoms. The van der Waals surface area contributed by atoms with Gasteiger partial charge in [-0.15, -0.1) is 0 Å². The van der Waals surface area contributed by atoms with Gasteiger partial charge in [0, 0.05) is 24.6 Å². The largest absolute Gasteiger partial charge is 0.381 e. The highest BCUT2D eigenvalue weighted by Crippen LogP contribution is 2.30. The van der Waals surface area contributed by atoms with E-state index in [1.54, 1.807) is 0 Å². The number of fused-ring (bicyclic) bond motifs is 1. The van der Waals surface area contributed by atoms with Crippen LogP contribution >= 0.6 is 0 Å². The van der Waals surface area contributed by atoms with E-state index in [-0.39, 0.29) is 6.04 Å². The molecule has 1 aromatic rings. The summed E-state index contributed by atoms with van der Waals surface area (Å²) in [5.74, 6) is 1.07. The summed E-state index contributed by atoms with van der Waals surface area (Å²) in [6.45, 7) is 2.09. The minimum atomic E-state index is 0.225. The predicted molar refractivity (Wildman–Crippen MR) is 88.5 cm³/mol. The van der Waals surface area contributed by atoms with E-state index in [0.29, 0.717) is 18.6 Å². The number of rotatable bonds is 2. The molecule has 1 N–H and O–H groups in total. The van der Waals surface area contributed by atoms with Gasteiger partial charge < -0.3 is 5.32 Å². The van der Waals surface area contributed by atoms with Crippen LogP contribution in [-0.2, 0) is 11.2 Å². The normalized spacial score (nSPS) is 23.7. The van der Waals surface area contributed by atoms with Crippen LogP contribution in [0.2, 0.25) is 0 Å². The van der Waals surface area contributed by atoms with Gasteiger partial charge >= 0.3 is 0 Å². The van der Waals surface area contributed by atoms with Gasteiger partial charge in [0.1, 0.15) is 5.78 Å². The first-order valence-electron chi connectivity index (χ1n) is 8.30. The molecule has 2 aliphatic rings. The third-order valence-electron chi connectivity index (χ3n) is 4.69. The summed E-state index contributed by atoms with van der Waals surface area (Å²) in [5, 5.41) is 3.54. The van der Waals surface area contributed by atoms with Gasteiger partial charge in [0.2, 0.25) is 0 Å². The van der Waals surface area contributed by atoms with Crippen molar-refractivity contribution in [2.75, 3.05) is 5.32 Å². The number of ketones is 1. The monoisotopic (exact) mass is 283 g/mol. The van der Waals surface area contributed by atoms with Crippen molar-refractivity contribution >= 4 is 17.5 Å². The van der Waals surface area contributed by atoms with Crippen molar-refractivity contribution in [2.45, 2.75) is 57.9 Å². The maximum Gasteiger partial charge on any atom is 0.139 e. The Morgan fingerprint density at radius 2 is 2.00 bits per heavy atom. The van der Waals surface area contributed by atoms with E-state index in [9.17, 15) is 4.79 Å². The highest BCUT2D eigenvalue weighted by atomic mass is 16.1. The van der Waals surface area contributed by atoms with Crippen LogP contribution in [-0.4, -0.2) is 11.8 Å². The number of hydrogen-bond acceptors (Lipinski definition) is 2. The fourth-order valence-corrected chi connectivity index (χ4v) is 3.57. The summed E-state index contributed by atoms with van der Waals surface area (Å²) >= 11 is 0. The van der Waals surface area contributed by atoms with Crippen LogP contribution in [0.1, 0.15) is 56.6 Å². The van der Waals surface area contributed by atoms with Crippen LogP contribution in [0.4, 0.5) is 5.69 Å². The molecule has 3 rings (SSSR count). The second-order valence-electron chi connectivity index (χ2n) is 6.60. The van der Waals surface area contributed by atoms with Gasteiger partial charge in [-0.3, -0.25) is 4.79 Å². The average Bonchev–Trinajstić information content (AvgIpc) is 2.63. The Kier molecular flexibility index (Phi) is 4.42. The van der Waals surface area contributed by atoms with Crippen molar-refractivity contribution < 1.29 is 4.79 Å². The quantitative estimate of drug-likeness (QED) is 0.859. The first-order chi connectivity index (χ1) is 10.2. The Morgan fingerprint density at radius 3 is 2.81 bits per heavy atom. The molecule has 1 aliphatic carbocycles. The molecule has 0 aromatic heterocycles. The zero-order valence-electron chi connectivity index (χ0n) is 12.9. The van der Waals surface area contributed by atoms with Gasteiger partial charge in [-0.1, -0.05) is 49.6 Å². The zero-order valence-corrected chi connectivity index (χ0v) is 12.9. The summed E-state index contributed by atoms with van der Waals surface area (Å²) in [7, 11) is 0. The molecular formula is C19H25NO. The van der Waals surface area contributed by atoms with E-state index in [2.05, 4.69) is 42.6 Å². The minimum Gasteiger partial charge on any atom is -0.381 e. The molecule has 0 bridgehead atoms. The van der Waals surface area contributed by atoms with Crippen LogP contribution in [0.25, 0.3) is 6.08 Å². The van der Waals surface area contributed by atoms with Crippen LogP contribution in [0.15, 0.2) is 24.3 Å². The van der Waals surface area contributed by atoms with E-state index >= 15 is 0 Å². The summed E-state index contributed by atoms with van der Waals surface area (Å²) in [6, 6.07) is 6.54. The van der Waals surface area contributed by atoms with E-state index in [0.717, 1.165) is 11.5 Å². The fraction of sp³-hybridized carbons (Fsp3) is 0.526. The Labute approximate surface area is 127 Å². The van der Waals surface area contributed by atoms with Crippen LogP contribution in [0, 0.1) is 5.92 Å². The molecule has 0 amide bonds. The number of carbonyl (C=O) groups is 1. The van der Waals surface area contributed by atoms with Gasteiger partial charge in [-0.05, 0) is 36.8 Å². The fourth-order valence-electron chi connectivity index (χ4n) is 3.57. The topological polar surface area (TPSA) is 29.1 Å². The Balaban J connectivity index is 1.84. The molecule has 2 nitrogen and oxygen atoms in total. The number of Topliss-reactive ketones (excluding diaryl/α,β-unsaturated/α-hetero) is 1. The minimum absolute atomic E-state index is 0.225. The summed E-state index contributed by atoms with van der Waals surface area (Å²) in [4.78, 5) is 11.9. The molecule has 0 radical (unpaired) electrons. The predicted octanol–water partition coefficient (Wildman–Crippen LogP) is 4.60. The first-order valence-corrected chi connectivity index (χ1v) is 8.30. The van der Waals surface area contributed by atoms with Gasteiger partial charge in [0.15, 0.2) is 0 Å². The van der Waals surface area contributed by atoms with Gasteiger partial charge in [-0.2, -0.15) is 0 Å². The number of benzene rings is 1. The van der Waals surface area contributed by atoms with E-state index in [1.807, 2.05) is 0 Å². The van der Waals surface area contributed by atoms with E-state index in [1.165, 1.54) is 43.4 Å². The summed E-state index contributed by atoms with van der Waals surface area (Å²) in [5.41, 5.74) is 3.55. The number of hydrogen-bond donors (Lipinski definition) is 1. The third kappa shape index (κ3) is 3.55. The average molecular weight is 283 g/mol.